The van der Waals surface area contributed by atoms with Crippen LogP contribution in [-0.4, -0.2) is 16.0 Å². The van der Waals surface area contributed by atoms with Crippen LogP contribution in [0, 0.1) is 0 Å². The fourth-order valence-electron chi connectivity index (χ4n) is 2.15. The first-order valence-electron chi connectivity index (χ1n) is 6.73. The van der Waals surface area contributed by atoms with Gasteiger partial charge in [-0.1, -0.05) is 0 Å². The van der Waals surface area contributed by atoms with Gasteiger partial charge >= 0.3 is 6.18 Å². The molecule has 2 aromatic heterocycles. The second-order valence-corrected chi connectivity index (χ2v) is 5.16. The Labute approximate surface area is 120 Å². The van der Waals surface area contributed by atoms with Crippen LogP contribution in [0.4, 0.5) is 13.2 Å². The van der Waals surface area contributed by atoms with Crippen LogP contribution in [0.3, 0.4) is 0 Å². The van der Waals surface area contributed by atoms with Gasteiger partial charge in [0.25, 0.3) is 0 Å². The molecule has 110 valence electrons. The fourth-order valence-corrected chi connectivity index (χ4v) is 2.15. The first-order valence-corrected chi connectivity index (χ1v) is 6.73. The number of rotatable bonds is 4. The number of nitrogens with zero attached hydrogens (tertiary/aromatic N) is 2. The van der Waals surface area contributed by atoms with E-state index in [1.807, 2.05) is 0 Å². The van der Waals surface area contributed by atoms with Crippen LogP contribution in [0.2, 0.25) is 0 Å². The van der Waals surface area contributed by atoms with Crippen molar-refractivity contribution in [1.82, 2.24) is 15.3 Å². The molecule has 0 spiro atoms. The highest BCUT2D eigenvalue weighted by molar-refractivity contribution is 5.66. The molecule has 3 rings (SSSR count). The number of pyridine rings is 2. The van der Waals surface area contributed by atoms with Crippen LogP contribution in [0.25, 0.3) is 11.1 Å². The molecule has 0 atom stereocenters. The van der Waals surface area contributed by atoms with Crippen molar-refractivity contribution in [2.45, 2.75) is 31.6 Å². The zero-order valence-corrected chi connectivity index (χ0v) is 11.2. The van der Waals surface area contributed by atoms with Crippen molar-refractivity contribution in [2.24, 2.45) is 0 Å². The maximum atomic E-state index is 13.0. The van der Waals surface area contributed by atoms with E-state index in [1.54, 1.807) is 12.3 Å². The van der Waals surface area contributed by atoms with E-state index in [4.69, 9.17) is 0 Å². The van der Waals surface area contributed by atoms with Gasteiger partial charge in [0.1, 0.15) is 0 Å². The molecule has 2 heterocycles. The number of alkyl halides is 3. The van der Waals surface area contributed by atoms with Gasteiger partial charge in [0, 0.05) is 48.5 Å². The van der Waals surface area contributed by atoms with E-state index in [0.717, 1.165) is 30.7 Å². The Bertz CT molecular complexity index is 636. The molecule has 3 nitrogen and oxygen atoms in total. The van der Waals surface area contributed by atoms with E-state index >= 15 is 0 Å². The third-order valence-electron chi connectivity index (χ3n) is 3.40. The van der Waals surface area contributed by atoms with Gasteiger partial charge in [-0.25, -0.2) is 0 Å². The van der Waals surface area contributed by atoms with Crippen molar-refractivity contribution in [2.75, 3.05) is 0 Å². The Hall–Kier alpha value is -1.95. The van der Waals surface area contributed by atoms with Gasteiger partial charge in [-0.2, -0.15) is 13.2 Å². The molecule has 6 heteroatoms. The molecule has 1 fully saturated rings. The number of nitrogens with one attached hydrogen (secondary N) is 1. The van der Waals surface area contributed by atoms with Gasteiger partial charge in [0.2, 0.25) is 0 Å². The van der Waals surface area contributed by atoms with E-state index in [9.17, 15) is 13.2 Å². The van der Waals surface area contributed by atoms with E-state index < -0.39 is 11.7 Å². The van der Waals surface area contributed by atoms with Crippen LogP contribution < -0.4 is 5.32 Å². The molecule has 1 N–H and O–H groups in total. The summed E-state index contributed by atoms with van der Waals surface area (Å²) in [6.45, 7) is 0.618. The van der Waals surface area contributed by atoms with Gasteiger partial charge in [0.05, 0.1) is 5.56 Å². The summed E-state index contributed by atoms with van der Waals surface area (Å²) in [5.74, 6) is 0. The van der Waals surface area contributed by atoms with Gasteiger partial charge < -0.3 is 5.32 Å². The topological polar surface area (TPSA) is 37.8 Å². The van der Waals surface area contributed by atoms with Crippen molar-refractivity contribution < 1.29 is 13.2 Å². The molecule has 0 amide bonds. The van der Waals surface area contributed by atoms with Gasteiger partial charge in [-0.05, 0) is 30.5 Å². The molecule has 2 aromatic rings. The molecule has 0 saturated heterocycles. The summed E-state index contributed by atoms with van der Waals surface area (Å²) in [5.41, 5.74) is 0.680. The largest absolute Gasteiger partial charge is 0.417 e. The summed E-state index contributed by atoms with van der Waals surface area (Å²) < 4.78 is 39.1. The molecule has 21 heavy (non-hydrogen) atoms. The van der Waals surface area contributed by atoms with Gasteiger partial charge in [0.15, 0.2) is 0 Å². The van der Waals surface area contributed by atoms with Crippen molar-refractivity contribution in [1.29, 1.82) is 0 Å². The predicted octanol–water partition coefficient (Wildman–Crippen LogP) is 3.41. The van der Waals surface area contributed by atoms with Crippen molar-refractivity contribution >= 4 is 0 Å². The number of aromatic nitrogens is 2. The zero-order valence-electron chi connectivity index (χ0n) is 11.2. The molecule has 0 unspecified atom stereocenters. The zero-order chi connectivity index (χ0) is 14.9. The monoisotopic (exact) mass is 293 g/mol. The summed E-state index contributed by atoms with van der Waals surface area (Å²) in [6, 6.07) is 3.26. The van der Waals surface area contributed by atoms with Crippen LogP contribution in [0.5, 0.6) is 0 Å². The average molecular weight is 293 g/mol. The van der Waals surface area contributed by atoms with E-state index in [1.165, 1.54) is 12.4 Å². The maximum absolute atomic E-state index is 13.0. The fraction of sp³-hybridized carbons (Fsp3) is 0.333. The molecule has 1 aliphatic carbocycles. The predicted molar refractivity (Wildman–Crippen MR) is 72.3 cm³/mol. The molecule has 1 saturated carbocycles. The average Bonchev–Trinajstić information content (AvgIpc) is 3.29. The second kappa shape index (κ2) is 5.44. The third kappa shape index (κ3) is 3.39. The summed E-state index contributed by atoms with van der Waals surface area (Å²) in [5, 5.41) is 3.32. The summed E-state index contributed by atoms with van der Waals surface area (Å²) in [4.78, 5) is 7.85. The van der Waals surface area contributed by atoms with E-state index in [2.05, 4.69) is 15.3 Å². The van der Waals surface area contributed by atoms with Gasteiger partial charge in [-0.3, -0.25) is 9.97 Å². The summed E-state index contributed by atoms with van der Waals surface area (Å²) >= 11 is 0. The van der Waals surface area contributed by atoms with Crippen molar-refractivity contribution in [3.63, 3.8) is 0 Å². The lowest BCUT2D eigenvalue weighted by atomic mass is 10.0. The maximum Gasteiger partial charge on any atom is 0.417 e. The molecular formula is C15H14F3N3. The first-order chi connectivity index (χ1) is 10.0. The highest BCUT2D eigenvalue weighted by Gasteiger charge is 2.33. The Balaban J connectivity index is 1.91. The van der Waals surface area contributed by atoms with Crippen LogP contribution >= 0.6 is 0 Å². The molecule has 1 aliphatic rings. The molecule has 0 aliphatic heterocycles. The number of halogens is 3. The second-order valence-electron chi connectivity index (χ2n) is 5.16. The smallest absolute Gasteiger partial charge is 0.310 e. The minimum atomic E-state index is -4.40. The number of hydrogen-bond donors (Lipinski definition) is 1. The normalized spacial score (nSPS) is 15.2. The standard InChI is InChI=1S/C15H14F3N3/c16-15(17,18)14-3-4-19-9-13(14)11-5-10(6-20-8-11)7-21-12-1-2-12/h3-6,8-9,12,21H,1-2,7H2. The minimum absolute atomic E-state index is 0.0609. The van der Waals surface area contributed by atoms with Crippen LogP contribution in [0.1, 0.15) is 24.0 Å². The lowest BCUT2D eigenvalue weighted by molar-refractivity contribution is -0.137. The molecule has 0 aromatic carbocycles. The summed E-state index contributed by atoms with van der Waals surface area (Å²) in [6.07, 6.45) is 3.41. The van der Waals surface area contributed by atoms with E-state index in [-0.39, 0.29) is 5.56 Å². The van der Waals surface area contributed by atoms with Crippen molar-refractivity contribution in [3.05, 3.63) is 48.0 Å². The Morgan fingerprint density at radius 3 is 2.67 bits per heavy atom. The Morgan fingerprint density at radius 1 is 1.14 bits per heavy atom. The minimum Gasteiger partial charge on any atom is -0.310 e. The lowest BCUT2D eigenvalue weighted by Gasteiger charge is -2.12. The van der Waals surface area contributed by atoms with Crippen LogP contribution in [-0.2, 0) is 12.7 Å². The van der Waals surface area contributed by atoms with E-state index in [0.29, 0.717) is 18.2 Å². The quantitative estimate of drug-likeness (QED) is 0.938. The molecular weight excluding hydrogens is 279 g/mol. The highest BCUT2D eigenvalue weighted by atomic mass is 19.4. The molecule has 0 radical (unpaired) electrons. The number of hydrogen-bond acceptors (Lipinski definition) is 3. The summed E-state index contributed by atoms with van der Waals surface area (Å²) in [7, 11) is 0. The molecule has 0 bridgehead atoms. The third-order valence-corrected chi connectivity index (χ3v) is 3.40. The van der Waals surface area contributed by atoms with Gasteiger partial charge in [-0.15, -0.1) is 0 Å². The lowest BCUT2D eigenvalue weighted by Crippen LogP contribution is -2.15. The first kappa shape index (κ1) is 14.0. The SMILES string of the molecule is FC(F)(F)c1ccncc1-c1cncc(CNC2CC2)c1. The Morgan fingerprint density at radius 2 is 1.95 bits per heavy atom. The highest BCUT2D eigenvalue weighted by Crippen LogP contribution is 2.36. The van der Waals surface area contributed by atoms with Crippen molar-refractivity contribution in [3.8, 4) is 11.1 Å². The van der Waals surface area contributed by atoms with Crippen LogP contribution in [0.15, 0.2) is 36.9 Å². The Kier molecular flexibility index (Phi) is 3.63.